The van der Waals surface area contributed by atoms with E-state index in [1.807, 2.05) is 6.07 Å². The monoisotopic (exact) mass is 213 g/mol. The highest BCUT2D eigenvalue weighted by atomic mass is 31.2. The second-order valence-electron chi connectivity index (χ2n) is 2.38. The lowest BCUT2D eigenvalue weighted by Crippen LogP contribution is -1.93. The summed E-state index contributed by atoms with van der Waals surface area (Å²) in [4.78, 5) is 8.95. The van der Waals surface area contributed by atoms with Crippen LogP contribution in [0.15, 0.2) is 24.3 Å². The predicted octanol–water partition coefficient (Wildman–Crippen LogP) is 1.68. The minimum Gasteiger partial charge on any atom is -0.404 e. The van der Waals surface area contributed by atoms with Crippen molar-refractivity contribution in [2.45, 2.75) is 0 Å². The molecule has 0 heterocycles. The topological polar surface area (TPSA) is 79.6 Å². The first-order chi connectivity index (χ1) is 6.57. The van der Waals surface area contributed by atoms with Crippen LogP contribution >= 0.6 is 7.82 Å². The Hall–Kier alpha value is -1.34. The molecule has 0 aromatic heterocycles. The van der Waals surface area contributed by atoms with E-state index in [0.29, 0.717) is 5.56 Å². The van der Waals surface area contributed by atoms with Crippen molar-refractivity contribution in [1.82, 2.24) is 0 Å². The van der Waals surface area contributed by atoms with E-state index < -0.39 is 7.82 Å². The third kappa shape index (κ3) is 2.86. The lowest BCUT2D eigenvalue weighted by atomic mass is 10.2. The summed E-state index contributed by atoms with van der Waals surface area (Å²) in [5.74, 6) is 0.177. The van der Waals surface area contributed by atoms with E-state index in [2.05, 4.69) is 9.05 Å². The fourth-order valence-electron chi connectivity index (χ4n) is 0.761. The Kier molecular flexibility index (Phi) is 3.26. The molecule has 6 heteroatoms. The van der Waals surface area contributed by atoms with Crippen LogP contribution in [0.25, 0.3) is 0 Å². The summed E-state index contributed by atoms with van der Waals surface area (Å²) in [5.41, 5.74) is 0.447. The van der Waals surface area contributed by atoms with Crippen molar-refractivity contribution < 1.29 is 18.5 Å². The van der Waals surface area contributed by atoms with Gasteiger partial charge in [0.1, 0.15) is 5.75 Å². The summed E-state index contributed by atoms with van der Waals surface area (Å²) in [6.45, 7) is 0. The van der Waals surface area contributed by atoms with E-state index in [0.717, 1.165) is 7.11 Å². The van der Waals surface area contributed by atoms with Gasteiger partial charge in [0.25, 0.3) is 0 Å². The molecule has 0 aliphatic carbocycles. The first-order valence-electron chi connectivity index (χ1n) is 3.66. The number of hydrogen-bond acceptors (Lipinski definition) is 4. The first kappa shape index (κ1) is 10.7. The molecule has 0 bridgehead atoms. The molecule has 1 rings (SSSR count). The second-order valence-corrected chi connectivity index (χ2v) is 3.86. The van der Waals surface area contributed by atoms with Crippen LogP contribution in [0.2, 0.25) is 0 Å². The number of nitrogens with zero attached hydrogens (tertiary/aromatic N) is 1. The van der Waals surface area contributed by atoms with Gasteiger partial charge in [-0.05, 0) is 24.3 Å². The zero-order chi connectivity index (χ0) is 10.6. The molecule has 0 saturated carbocycles. The SMILES string of the molecule is COP(=O)(O)Oc1ccc(C#N)cc1. The minimum atomic E-state index is -4.00. The molecule has 0 fully saturated rings. The van der Waals surface area contributed by atoms with Gasteiger partial charge in [-0.1, -0.05) is 0 Å². The average molecular weight is 213 g/mol. The van der Waals surface area contributed by atoms with Crippen LogP contribution < -0.4 is 4.52 Å². The Labute approximate surface area is 81.1 Å². The highest BCUT2D eigenvalue weighted by molar-refractivity contribution is 7.47. The van der Waals surface area contributed by atoms with Gasteiger partial charge in [0.15, 0.2) is 0 Å². The molecule has 0 spiro atoms. The lowest BCUT2D eigenvalue weighted by Gasteiger charge is -2.09. The normalized spacial score (nSPS) is 14.1. The lowest BCUT2D eigenvalue weighted by molar-refractivity contribution is 0.243. The van der Waals surface area contributed by atoms with E-state index in [9.17, 15) is 4.57 Å². The second kappa shape index (κ2) is 4.25. The summed E-state index contributed by atoms with van der Waals surface area (Å²) >= 11 is 0. The maximum atomic E-state index is 11.0. The van der Waals surface area contributed by atoms with Crippen LogP contribution in [-0.4, -0.2) is 12.0 Å². The predicted molar refractivity (Wildman–Crippen MR) is 48.6 cm³/mol. The zero-order valence-electron chi connectivity index (χ0n) is 7.38. The first-order valence-corrected chi connectivity index (χ1v) is 5.15. The van der Waals surface area contributed by atoms with Crippen molar-refractivity contribution in [1.29, 1.82) is 5.26 Å². The van der Waals surface area contributed by atoms with Crippen molar-refractivity contribution in [2.24, 2.45) is 0 Å². The summed E-state index contributed by atoms with van der Waals surface area (Å²) in [7, 11) is -2.93. The molecule has 1 unspecified atom stereocenters. The van der Waals surface area contributed by atoms with Crippen LogP contribution in [0.5, 0.6) is 5.75 Å². The van der Waals surface area contributed by atoms with Gasteiger partial charge in [-0.15, -0.1) is 0 Å². The minimum absolute atomic E-state index is 0.177. The number of phosphoric acid groups is 1. The molecular weight excluding hydrogens is 205 g/mol. The number of benzene rings is 1. The maximum absolute atomic E-state index is 11.0. The molecule has 0 aliphatic rings. The van der Waals surface area contributed by atoms with E-state index in [1.54, 1.807) is 0 Å². The van der Waals surface area contributed by atoms with Gasteiger partial charge in [-0.3, -0.25) is 9.42 Å². The highest BCUT2D eigenvalue weighted by Crippen LogP contribution is 2.42. The maximum Gasteiger partial charge on any atom is 0.527 e. The van der Waals surface area contributed by atoms with Crippen LogP contribution in [0.1, 0.15) is 5.56 Å². The van der Waals surface area contributed by atoms with Gasteiger partial charge in [0.05, 0.1) is 11.6 Å². The Morgan fingerprint density at radius 3 is 2.43 bits per heavy atom. The molecule has 74 valence electrons. The summed E-state index contributed by atoms with van der Waals surface area (Å²) in [5, 5.41) is 8.49. The molecule has 1 N–H and O–H groups in total. The number of nitriles is 1. The van der Waals surface area contributed by atoms with E-state index in [1.165, 1.54) is 24.3 Å². The number of phosphoric ester groups is 1. The molecule has 0 aliphatic heterocycles. The fourth-order valence-corrected chi connectivity index (χ4v) is 1.22. The van der Waals surface area contributed by atoms with Crippen molar-refractivity contribution in [2.75, 3.05) is 7.11 Å². The van der Waals surface area contributed by atoms with Crippen molar-refractivity contribution in [3.05, 3.63) is 29.8 Å². The number of hydrogen-bond donors (Lipinski definition) is 1. The van der Waals surface area contributed by atoms with Gasteiger partial charge in [-0.2, -0.15) is 5.26 Å². The van der Waals surface area contributed by atoms with Gasteiger partial charge in [0.2, 0.25) is 0 Å². The van der Waals surface area contributed by atoms with Crippen LogP contribution in [0.3, 0.4) is 0 Å². The fraction of sp³-hybridized carbons (Fsp3) is 0.125. The van der Waals surface area contributed by atoms with Gasteiger partial charge < -0.3 is 4.52 Å². The van der Waals surface area contributed by atoms with Gasteiger partial charge in [-0.25, -0.2) is 4.57 Å². The summed E-state index contributed by atoms with van der Waals surface area (Å²) in [6, 6.07) is 7.70. The third-order valence-electron chi connectivity index (χ3n) is 1.43. The van der Waals surface area contributed by atoms with Crippen molar-refractivity contribution >= 4 is 7.82 Å². The summed E-state index contributed by atoms with van der Waals surface area (Å²) in [6.07, 6.45) is 0. The quantitative estimate of drug-likeness (QED) is 0.772. The number of rotatable bonds is 3. The molecule has 1 aromatic carbocycles. The standard InChI is InChI=1S/C8H8NO4P/c1-12-14(10,11)13-8-4-2-7(6-9)3-5-8/h2-5H,1H3,(H,10,11). The smallest absolute Gasteiger partial charge is 0.404 e. The van der Waals surface area contributed by atoms with Crippen molar-refractivity contribution in [3.63, 3.8) is 0 Å². The Morgan fingerprint density at radius 1 is 1.43 bits per heavy atom. The average Bonchev–Trinajstić information content (AvgIpc) is 2.19. The molecule has 1 aromatic rings. The molecule has 0 saturated heterocycles. The summed E-state index contributed by atoms with van der Waals surface area (Å²) < 4.78 is 19.8. The Balaban J connectivity index is 2.80. The highest BCUT2D eigenvalue weighted by Gasteiger charge is 2.19. The van der Waals surface area contributed by atoms with E-state index in [4.69, 9.17) is 10.2 Å². The molecular formula is C8H8NO4P. The molecule has 0 radical (unpaired) electrons. The van der Waals surface area contributed by atoms with Gasteiger partial charge >= 0.3 is 7.82 Å². The molecule has 5 nitrogen and oxygen atoms in total. The van der Waals surface area contributed by atoms with E-state index >= 15 is 0 Å². The van der Waals surface area contributed by atoms with E-state index in [-0.39, 0.29) is 5.75 Å². The van der Waals surface area contributed by atoms with Crippen LogP contribution in [0, 0.1) is 11.3 Å². The third-order valence-corrected chi connectivity index (χ3v) is 2.34. The Bertz CT molecular complexity index is 395. The van der Waals surface area contributed by atoms with Crippen LogP contribution in [-0.2, 0) is 9.09 Å². The molecule has 14 heavy (non-hydrogen) atoms. The van der Waals surface area contributed by atoms with Crippen LogP contribution in [0.4, 0.5) is 0 Å². The van der Waals surface area contributed by atoms with Crippen molar-refractivity contribution in [3.8, 4) is 11.8 Å². The molecule has 1 atom stereocenters. The molecule has 0 amide bonds. The Morgan fingerprint density at radius 2 is 2.00 bits per heavy atom. The largest absolute Gasteiger partial charge is 0.527 e. The zero-order valence-corrected chi connectivity index (χ0v) is 8.27. The van der Waals surface area contributed by atoms with Gasteiger partial charge in [0, 0.05) is 7.11 Å².